The van der Waals surface area contributed by atoms with Crippen molar-refractivity contribution in [2.75, 3.05) is 32.7 Å². The normalized spacial score (nSPS) is 20.8. The minimum absolute atomic E-state index is 0.276. The molecule has 1 aliphatic heterocycles. The SMILES string of the molecule is CCC(O)(CC)CN1CCN(C(C)(C)C)CC1. The van der Waals surface area contributed by atoms with Crippen LogP contribution in [0.4, 0.5) is 0 Å². The van der Waals surface area contributed by atoms with Crippen molar-refractivity contribution in [1.82, 2.24) is 9.80 Å². The van der Waals surface area contributed by atoms with Crippen molar-refractivity contribution >= 4 is 0 Å². The molecule has 1 aliphatic rings. The highest BCUT2D eigenvalue weighted by molar-refractivity contribution is 4.86. The molecule has 1 rings (SSSR count). The van der Waals surface area contributed by atoms with Crippen molar-refractivity contribution in [1.29, 1.82) is 0 Å². The van der Waals surface area contributed by atoms with Crippen molar-refractivity contribution in [3.8, 4) is 0 Å². The molecule has 3 nitrogen and oxygen atoms in total. The van der Waals surface area contributed by atoms with Crippen LogP contribution in [0.1, 0.15) is 47.5 Å². The first-order chi connectivity index (χ1) is 7.80. The summed E-state index contributed by atoms with van der Waals surface area (Å²) in [6.45, 7) is 16.2. The molecule has 1 saturated heterocycles. The van der Waals surface area contributed by atoms with E-state index in [9.17, 15) is 5.11 Å². The Labute approximate surface area is 107 Å². The average molecular weight is 242 g/mol. The van der Waals surface area contributed by atoms with Crippen LogP contribution >= 0.6 is 0 Å². The van der Waals surface area contributed by atoms with Crippen molar-refractivity contribution in [3.63, 3.8) is 0 Å². The van der Waals surface area contributed by atoms with Crippen LogP contribution < -0.4 is 0 Å². The molecule has 0 bridgehead atoms. The van der Waals surface area contributed by atoms with Gasteiger partial charge in [0.15, 0.2) is 0 Å². The second kappa shape index (κ2) is 5.68. The Kier molecular flexibility index (Phi) is 4.99. The molecule has 0 spiro atoms. The molecular formula is C14H30N2O. The zero-order valence-electron chi connectivity index (χ0n) is 12.3. The fourth-order valence-electron chi connectivity index (χ4n) is 2.47. The third-order valence-electron chi connectivity index (χ3n) is 4.16. The number of hydrogen-bond donors (Lipinski definition) is 1. The molecule has 3 heteroatoms. The molecule has 0 aromatic carbocycles. The summed E-state index contributed by atoms with van der Waals surface area (Å²) in [6, 6.07) is 0. The lowest BCUT2D eigenvalue weighted by Crippen LogP contribution is -2.56. The third-order valence-corrected chi connectivity index (χ3v) is 4.16. The summed E-state index contributed by atoms with van der Waals surface area (Å²) in [7, 11) is 0. The minimum Gasteiger partial charge on any atom is -0.389 e. The van der Waals surface area contributed by atoms with Crippen molar-refractivity contribution in [3.05, 3.63) is 0 Å². The molecular weight excluding hydrogens is 212 g/mol. The lowest BCUT2D eigenvalue weighted by Gasteiger charge is -2.44. The Morgan fingerprint density at radius 3 is 1.76 bits per heavy atom. The molecule has 0 radical (unpaired) electrons. The molecule has 0 aromatic rings. The topological polar surface area (TPSA) is 26.7 Å². The highest BCUT2D eigenvalue weighted by Gasteiger charge is 2.30. The van der Waals surface area contributed by atoms with Gasteiger partial charge in [0.2, 0.25) is 0 Å². The van der Waals surface area contributed by atoms with Gasteiger partial charge in [-0.1, -0.05) is 13.8 Å². The Morgan fingerprint density at radius 2 is 1.41 bits per heavy atom. The van der Waals surface area contributed by atoms with E-state index in [2.05, 4.69) is 44.4 Å². The van der Waals surface area contributed by atoms with Gasteiger partial charge in [0.25, 0.3) is 0 Å². The Morgan fingerprint density at radius 1 is 0.941 bits per heavy atom. The van der Waals surface area contributed by atoms with Gasteiger partial charge in [-0.25, -0.2) is 0 Å². The molecule has 0 saturated carbocycles. The van der Waals surface area contributed by atoms with Crippen LogP contribution in [0, 0.1) is 0 Å². The van der Waals surface area contributed by atoms with E-state index in [0.29, 0.717) is 0 Å². The summed E-state index contributed by atoms with van der Waals surface area (Å²) < 4.78 is 0. The smallest absolute Gasteiger partial charge is 0.0768 e. The van der Waals surface area contributed by atoms with Crippen molar-refractivity contribution in [2.45, 2.75) is 58.6 Å². The van der Waals surface area contributed by atoms with Gasteiger partial charge >= 0.3 is 0 Å². The van der Waals surface area contributed by atoms with E-state index in [4.69, 9.17) is 0 Å². The Hall–Kier alpha value is -0.120. The number of rotatable bonds is 4. The van der Waals surface area contributed by atoms with Gasteiger partial charge in [-0.2, -0.15) is 0 Å². The first kappa shape index (κ1) is 14.9. The zero-order valence-corrected chi connectivity index (χ0v) is 12.3. The quantitative estimate of drug-likeness (QED) is 0.816. The summed E-state index contributed by atoms with van der Waals surface area (Å²) in [5.41, 5.74) is -0.207. The van der Waals surface area contributed by atoms with Crippen LogP contribution in [0.5, 0.6) is 0 Å². The molecule has 0 aliphatic carbocycles. The van der Waals surface area contributed by atoms with Gasteiger partial charge in [-0.05, 0) is 33.6 Å². The first-order valence-electron chi connectivity index (χ1n) is 7.00. The van der Waals surface area contributed by atoms with Gasteiger partial charge in [0, 0.05) is 38.3 Å². The maximum Gasteiger partial charge on any atom is 0.0768 e. The summed E-state index contributed by atoms with van der Waals surface area (Å²) in [4.78, 5) is 4.94. The third kappa shape index (κ3) is 4.23. The van der Waals surface area contributed by atoms with E-state index in [1.54, 1.807) is 0 Å². The molecule has 0 aromatic heterocycles. The zero-order chi connectivity index (χ0) is 13.1. The second-order valence-electron chi connectivity index (χ2n) is 6.37. The van der Waals surface area contributed by atoms with Gasteiger partial charge in [0.05, 0.1) is 5.60 Å². The largest absolute Gasteiger partial charge is 0.389 e. The number of β-amino-alcohol motifs (C(OH)–C–C–N with tert-alkyl or cyclic N) is 1. The van der Waals surface area contributed by atoms with Gasteiger partial charge in [-0.15, -0.1) is 0 Å². The molecule has 17 heavy (non-hydrogen) atoms. The predicted molar refractivity (Wildman–Crippen MR) is 73.3 cm³/mol. The van der Waals surface area contributed by atoms with E-state index in [-0.39, 0.29) is 5.54 Å². The lowest BCUT2D eigenvalue weighted by atomic mass is 9.96. The maximum absolute atomic E-state index is 10.4. The molecule has 0 amide bonds. The van der Waals surface area contributed by atoms with Crippen molar-refractivity contribution < 1.29 is 5.11 Å². The van der Waals surface area contributed by atoms with Crippen LogP contribution in [0.25, 0.3) is 0 Å². The van der Waals surface area contributed by atoms with E-state index in [1.807, 2.05) is 0 Å². The van der Waals surface area contributed by atoms with Gasteiger partial charge in [0.1, 0.15) is 0 Å². The summed E-state index contributed by atoms with van der Waals surface area (Å²) >= 11 is 0. The van der Waals surface area contributed by atoms with E-state index < -0.39 is 5.60 Å². The van der Waals surface area contributed by atoms with Gasteiger partial charge in [-0.3, -0.25) is 9.80 Å². The first-order valence-corrected chi connectivity index (χ1v) is 7.00. The fourth-order valence-corrected chi connectivity index (χ4v) is 2.47. The molecule has 1 heterocycles. The molecule has 0 atom stereocenters. The van der Waals surface area contributed by atoms with E-state index in [0.717, 1.165) is 45.6 Å². The maximum atomic E-state index is 10.4. The highest BCUT2D eigenvalue weighted by Crippen LogP contribution is 2.20. The average Bonchev–Trinajstić information content (AvgIpc) is 2.28. The summed E-state index contributed by atoms with van der Waals surface area (Å²) in [5.74, 6) is 0. The van der Waals surface area contributed by atoms with Crippen LogP contribution in [-0.2, 0) is 0 Å². The summed E-state index contributed by atoms with van der Waals surface area (Å²) in [6.07, 6.45) is 1.70. The van der Waals surface area contributed by atoms with Crippen LogP contribution in [0.3, 0.4) is 0 Å². The van der Waals surface area contributed by atoms with Crippen molar-refractivity contribution in [2.24, 2.45) is 0 Å². The monoisotopic (exact) mass is 242 g/mol. The molecule has 1 N–H and O–H groups in total. The molecule has 1 fully saturated rings. The Balaban J connectivity index is 2.42. The Bertz CT molecular complexity index is 223. The van der Waals surface area contributed by atoms with E-state index in [1.165, 1.54) is 0 Å². The number of aliphatic hydroxyl groups is 1. The number of nitrogens with zero attached hydrogens (tertiary/aromatic N) is 2. The second-order valence-corrected chi connectivity index (χ2v) is 6.37. The standard InChI is InChI=1S/C14H30N2O/c1-6-14(17,7-2)12-15-8-10-16(11-9-15)13(3,4)5/h17H,6-12H2,1-5H3. The van der Waals surface area contributed by atoms with Crippen LogP contribution in [-0.4, -0.2) is 58.8 Å². The van der Waals surface area contributed by atoms with Gasteiger partial charge < -0.3 is 5.11 Å². The number of piperazine rings is 1. The molecule has 102 valence electrons. The summed E-state index contributed by atoms with van der Waals surface area (Å²) in [5, 5.41) is 10.4. The highest BCUT2D eigenvalue weighted by atomic mass is 16.3. The van der Waals surface area contributed by atoms with Crippen LogP contribution in [0.15, 0.2) is 0 Å². The minimum atomic E-state index is -0.482. The number of hydrogen-bond acceptors (Lipinski definition) is 3. The molecule has 0 unspecified atom stereocenters. The predicted octanol–water partition coefficient (Wildman–Crippen LogP) is 1.95. The fraction of sp³-hybridized carbons (Fsp3) is 1.00. The van der Waals surface area contributed by atoms with E-state index >= 15 is 0 Å². The lowest BCUT2D eigenvalue weighted by molar-refractivity contribution is -0.0245. The van der Waals surface area contributed by atoms with Crippen LogP contribution in [0.2, 0.25) is 0 Å².